The second kappa shape index (κ2) is 8.14. The Bertz CT molecular complexity index is 785. The number of hydrogen-bond acceptors (Lipinski definition) is 4. The average molecular weight is 362 g/mol. The number of halogens is 2. The van der Waals surface area contributed by atoms with Crippen molar-refractivity contribution in [3.8, 4) is 11.5 Å². The van der Waals surface area contributed by atoms with Crippen molar-refractivity contribution in [3.05, 3.63) is 59.7 Å². The largest absolute Gasteiger partial charge is 0.496 e. The number of ether oxygens (including phenoxy) is 2. The van der Waals surface area contributed by atoms with Crippen molar-refractivity contribution in [1.82, 2.24) is 10.2 Å². The van der Waals surface area contributed by atoms with Crippen LogP contribution in [0.4, 0.5) is 8.78 Å². The van der Waals surface area contributed by atoms with Crippen molar-refractivity contribution in [2.75, 3.05) is 33.4 Å². The quantitative estimate of drug-likeness (QED) is 0.888. The summed E-state index contributed by atoms with van der Waals surface area (Å²) in [6.07, 6.45) is 0. The molecule has 1 N–H and O–H groups in total. The minimum absolute atomic E-state index is 0.149. The molecule has 0 aromatic heterocycles. The summed E-state index contributed by atoms with van der Waals surface area (Å²) in [6.45, 7) is 1.41. The van der Waals surface area contributed by atoms with E-state index >= 15 is 0 Å². The normalized spacial score (nSPS) is 17.0. The Hall–Kier alpha value is -2.67. The van der Waals surface area contributed by atoms with Gasteiger partial charge in [-0.05, 0) is 18.2 Å². The predicted molar refractivity (Wildman–Crippen MR) is 92.2 cm³/mol. The number of methoxy groups -OCH3 is 1. The average Bonchev–Trinajstić information content (AvgIpc) is 2.67. The predicted octanol–water partition coefficient (Wildman–Crippen LogP) is 2.53. The number of benzene rings is 2. The van der Waals surface area contributed by atoms with Gasteiger partial charge in [0, 0.05) is 31.3 Å². The summed E-state index contributed by atoms with van der Waals surface area (Å²) in [6, 6.07) is 10.3. The number of para-hydroxylation sites is 1. The maximum absolute atomic E-state index is 13.7. The first-order valence-corrected chi connectivity index (χ1v) is 8.31. The van der Waals surface area contributed by atoms with Crippen LogP contribution in [0.15, 0.2) is 42.5 Å². The van der Waals surface area contributed by atoms with E-state index in [1.54, 1.807) is 12.0 Å². The fraction of sp³-hybridized carbons (Fsp3) is 0.316. The van der Waals surface area contributed by atoms with E-state index < -0.39 is 11.6 Å². The van der Waals surface area contributed by atoms with Crippen molar-refractivity contribution >= 4 is 5.91 Å². The van der Waals surface area contributed by atoms with Crippen LogP contribution < -0.4 is 14.8 Å². The molecule has 0 saturated carbocycles. The van der Waals surface area contributed by atoms with Crippen molar-refractivity contribution in [3.63, 3.8) is 0 Å². The van der Waals surface area contributed by atoms with Gasteiger partial charge in [0.25, 0.3) is 5.91 Å². The van der Waals surface area contributed by atoms with E-state index in [9.17, 15) is 13.6 Å². The van der Waals surface area contributed by atoms with Crippen LogP contribution >= 0.6 is 0 Å². The van der Waals surface area contributed by atoms with Crippen LogP contribution in [0.2, 0.25) is 0 Å². The molecule has 1 aliphatic rings. The SMILES string of the molecule is COc1ccccc1C1CNCCN1C(=O)COc1ccc(F)cc1F. The fourth-order valence-electron chi connectivity index (χ4n) is 3.04. The van der Waals surface area contributed by atoms with Gasteiger partial charge in [-0.25, -0.2) is 8.78 Å². The second-order valence-electron chi connectivity index (χ2n) is 5.91. The van der Waals surface area contributed by atoms with E-state index in [0.29, 0.717) is 25.4 Å². The third-order valence-electron chi connectivity index (χ3n) is 4.31. The lowest BCUT2D eigenvalue weighted by atomic mass is 10.0. The van der Waals surface area contributed by atoms with Crippen molar-refractivity contribution < 1.29 is 23.0 Å². The first-order chi connectivity index (χ1) is 12.6. The second-order valence-corrected chi connectivity index (χ2v) is 5.91. The number of hydrogen-bond donors (Lipinski definition) is 1. The summed E-state index contributed by atoms with van der Waals surface area (Å²) in [5.74, 6) is -1.25. The molecular formula is C19H20F2N2O3. The number of piperazine rings is 1. The lowest BCUT2D eigenvalue weighted by molar-refractivity contribution is -0.136. The van der Waals surface area contributed by atoms with Gasteiger partial charge in [0.1, 0.15) is 11.6 Å². The summed E-state index contributed by atoms with van der Waals surface area (Å²) in [4.78, 5) is 14.4. The standard InChI is InChI=1S/C19H20F2N2O3/c1-25-17-5-3-2-4-14(17)16-11-22-8-9-23(16)19(24)12-26-18-7-6-13(20)10-15(18)21/h2-7,10,16,22H,8-9,11-12H2,1H3. The summed E-state index contributed by atoms with van der Waals surface area (Å²) in [5.41, 5.74) is 0.892. The molecule has 1 aliphatic heterocycles. The molecular weight excluding hydrogens is 342 g/mol. The van der Waals surface area contributed by atoms with Crippen LogP contribution in [0, 0.1) is 11.6 Å². The molecule has 1 fully saturated rings. The van der Waals surface area contributed by atoms with E-state index in [1.807, 2.05) is 24.3 Å². The van der Waals surface area contributed by atoms with Gasteiger partial charge in [0.2, 0.25) is 0 Å². The number of amides is 1. The van der Waals surface area contributed by atoms with Crippen LogP contribution in [0.3, 0.4) is 0 Å². The molecule has 26 heavy (non-hydrogen) atoms. The lowest BCUT2D eigenvalue weighted by Crippen LogP contribution is -2.50. The smallest absolute Gasteiger partial charge is 0.261 e. The molecule has 0 spiro atoms. The monoisotopic (exact) mass is 362 g/mol. The van der Waals surface area contributed by atoms with Gasteiger partial charge in [0.15, 0.2) is 18.2 Å². The van der Waals surface area contributed by atoms with E-state index in [-0.39, 0.29) is 24.3 Å². The molecule has 1 heterocycles. The molecule has 1 saturated heterocycles. The topological polar surface area (TPSA) is 50.8 Å². The van der Waals surface area contributed by atoms with Gasteiger partial charge in [0.05, 0.1) is 13.2 Å². The Labute approximate surface area is 150 Å². The first kappa shape index (κ1) is 18.1. The van der Waals surface area contributed by atoms with Gasteiger partial charge in [-0.15, -0.1) is 0 Å². The Morgan fingerprint density at radius 2 is 2.04 bits per heavy atom. The number of rotatable bonds is 5. The number of nitrogens with zero attached hydrogens (tertiary/aromatic N) is 1. The number of carbonyl (C=O) groups is 1. The first-order valence-electron chi connectivity index (χ1n) is 8.31. The minimum atomic E-state index is -0.834. The molecule has 2 aromatic carbocycles. The highest BCUT2D eigenvalue weighted by atomic mass is 19.1. The molecule has 0 radical (unpaired) electrons. The summed E-state index contributed by atoms with van der Waals surface area (Å²) in [7, 11) is 1.58. The molecule has 0 aliphatic carbocycles. The number of nitrogens with one attached hydrogen (secondary N) is 1. The molecule has 138 valence electrons. The molecule has 2 aromatic rings. The molecule has 1 unspecified atom stereocenters. The molecule has 3 rings (SSSR count). The zero-order chi connectivity index (χ0) is 18.5. The molecule has 1 amide bonds. The zero-order valence-electron chi connectivity index (χ0n) is 14.4. The highest BCUT2D eigenvalue weighted by molar-refractivity contribution is 5.78. The highest BCUT2D eigenvalue weighted by Crippen LogP contribution is 2.30. The zero-order valence-corrected chi connectivity index (χ0v) is 14.4. The van der Waals surface area contributed by atoms with Gasteiger partial charge < -0.3 is 19.7 Å². The van der Waals surface area contributed by atoms with E-state index in [1.165, 1.54) is 6.07 Å². The Morgan fingerprint density at radius 1 is 1.23 bits per heavy atom. The van der Waals surface area contributed by atoms with Crippen molar-refractivity contribution in [2.45, 2.75) is 6.04 Å². The number of carbonyl (C=O) groups excluding carboxylic acids is 1. The van der Waals surface area contributed by atoms with E-state index in [2.05, 4.69) is 5.32 Å². The van der Waals surface area contributed by atoms with E-state index in [0.717, 1.165) is 17.7 Å². The molecule has 0 bridgehead atoms. The van der Waals surface area contributed by atoms with Crippen LogP contribution in [-0.4, -0.2) is 44.2 Å². The van der Waals surface area contributed by atoms with Gasteiger partial charge in [-0.3, -0.25) is 4.79 Å². The van der Waals surface area contributed by atoms with Crippen molar-refractivity contribution in [2.24, 2.45) is 0 Å². The van der Waals surface area contributed by atoms with E-state index in [4.69, 9.17) is 9.47 Å². The molecule has 1 atom stereocenters. The van der Waals surface area contributed by atoms with Gasteiger partial charge >= 0.3 is 0 Å². The molecule has 5 nitrogen and oxygen atoms in total. The van der Waals surface area contributed by atoms with Gasteiger partial charge in [-0.2, -0.15) is 0 Å². The maximum Gasteiger partial charge on any atom is 0.261 e. The van der Waals surface area contributed by atoms with Crippen LogP contribution in [0.5, 0.6) is 11.5 Å². The Morgan fingerprint density at radius 3 is 2.81 bits per heavy atom. The third kappa shape index (κ3) is 3.94. The summed E-state index contributed by atoms with van der Waals surface area (Å²) in [5, 5.41) is 3.27. The van der Waals surface area contributed by atoms with Crippen LogP contribution in [-0.2, 0) is 4.79 Å². The lowest BCUT2D eigenvalue weighted by Gasteiger charge is -2.37. The van der Waals surface area contributed by atoms with Crippen LogP contribution in [0.25, 0.3) is 0 Å². The van der Waals surface area contributed by atoms with Crippen LogP contribution in [0.1, 0.15) is 11.6 Å². The fourth-order valence-corrected chi connectivity index (χ4v) is 3.04. The third-order valence-corrected chi connectivity index (χ3v) is 4.31. The summed E-state index contributed by atoms with van der Waals surface area (Å²) >= 11 is 0. The van der Waals surface area contributed by atoms with Crippen molar-refractivity contribution in [1.29, 1.82) is 0 Å². The maximum atomic E-state index is 13.7. The molecule has 7 heteroatoms. The summed E-state index contributed by atoms with van der Waals surface area (Å²) < 4.78 is 37.3. The highest BCUT2D eigenvalue weighted by Gasteiger charge is 2.30. The van der Waals surface area contributed by atoms with Gasteiger partial charge in [-0.1, -0.05) is 18.2 Å². The minimum Gasteiger partial charge on any atom is -0.496 e. The Kier molecular flexibility index (Phi) is 5.68. The Balaban J connectivity index is 1.73.